The average Bonchev–Trinajstić information content (AvgIpc) is 3.09. The molecule has 0 N–H and O–H groups in total. The van der Waals surface area contributed by atoms with E-state index in [1.807, 2.05) is 13.8 Å². The van der Waals surface area contributed by atoms with Gasteiger partial charge in [-0.3, -0.25) is 14.4 Å². The molecule has 1 aliphatic heterocycles. The van der Waals surface area contributed by atoms with Crippen LogP contribution >= 0.6 is 0 Å². The molecule has 0 aliphatic carbocycles. The first kappa shape index (κ1) is 18.0. The summed E-state index contributed by atoms with van der Waals surface area (Å²) in [6, 6.07) is 1.62. The second-order valence-electron chi connectivity index (χ2n) is 6.24. The molecule has 0 spiro atoms. The molecule has 0 radical (unpaired) electrons. The molecular weight excluding hydrogens is 310 g/mol. The van der Waals surface area contributed by atoms with Crippen molar-refractivity contribution in [3.05, 3.63) is 24.2 Å². The van der Waals surface area contributed by atoms with E-state index in [9.17, 15) is 14.4 Å². The first-order chi connectivity index (χ1) is 11.4. The van der Waals surface area contributed by atoms with E-state index in [4.69, 9.17) is 4.42 Å². The lowest BCUT2D eigenvalue weighted by Gasteiger charge is -2.35. The second kappa shape index (κ2) is 7.99. The molecule has 7 heteroatoms. The van der Waals surface area contributed by atoms with Gasteiger partial charge < -0.3 is 19.1 Å². The van der Waals surface area contributed by atoms with Gasteiger partial charge in [0.15, 0.2) is 0 Å². The van der Waals surface area contributed by atoms with Gasteiger partial charge in [-0.1, -0.05) is 0 Å². The molecule has 7 nitrogen and oxygen atoms in total. The number of hydrogen-bond donors (Lipinski definition) is 0. The normalized spacial score (nSPS) is 14.8. The van der Waals surface area contributed by atoms with E-state index in [1.165, 1.54) is 12.5 Å². The number of furan rings is 1. The zero-order valence-corrected chi connectivity index (χ0v) is 14.5. The minimum Gasteiger partial charge on any atom is -0.472 e. The molecule has 1 aliphatic rings. The van der Waals surface area contributed by atoms with Gasteiger partial charge in [-0.2, -0.15) is 0 Å². The van der Waals surface area contributed by atoms with Crippen molar-refractivity contribution in [1.29, 1.82) is 0 Å². The van der Waals surface area contributed by atoms with E-state index >= 15 is 0 Å². The third-order valence-electron chi connectivity index (χ3n) is 4.30. The molecule has 0 unspecified atom stereocenters. The maximum atomic E-state index is 12.5. The quantitative estimate of drug-likeness (QED) is 0.811. The largest absolute Gasteiger partial charge is 0.472 e. The first-order valence-corrected chi connectivity index (χ1v) is 8.26. The molecule has 1 aromatic heterocycles. The number of amides is 3. The van der Waals surface area contributed by atoms with Crippen molar-refractivity contribution in [3.63, 3.8) is 0 Å². The van der Waals surface area contributed by atoms with Gasteiger partial charge in [0.25, 0.3) is 5.91 Å². The van der Waals surface area contributed by atoms with Gasteiger partial charge in [0, 0.05) is 52.1 Å². The topological polar surface area (TPSA) is 74.1 Å². The molecule has 0 saturated carbocycles. The molecule has 2 heterocycles. The maximum Gasteiger partial charge on any atom is 0.257 e. The standard InChI is InChI=1S/C17H25N3O4/c1-13(2)20(17(23)15-5-11-24-12-15)6-4-16(22)19-9-7-18(8-10-19)14(3)21/h5,11-13H,4,6-10H2,1-3H3. The van der Waals surface area contributed by atoms with Gasteiger partial charge in [-0.15, -0.1) is 0 Å². The van der Waals surface area contributed by atoms with E-state index in [1.54, 1.807) is 27.7 Å². The highest BCUT2D eigenvalue weighted by molar-refractivity contribution is 5.94. The van der Waals surface area contributed by atoms with Crippen molar-refractivity contribution < 1.29 is 18.8 Å². The number of carbonyl (C=O) groups excluding carboxylic acids is 3. The Kier molecular flexibility index (Phi) is 6.00. The summed E-state index contributed by atoms with van der Waals surface area (Å²) in [7, 11) is 0. The minimum atomic E-state index is -0.132. The van der Waals surface area contributed by atoms with Crippen LogP contribution in [0, 0.1) is 0 Å². The Morgan fingerprint density at radius 3 is 2.29 bits per heavy atom. The van der Waals surface area contributed by atoms with Gasteiger partial charge in [0.1, 0.15) is 6.26 Å². The van der Waals surface area contributed by atoms with Crippen LogP contribution in [-0.2, 0) is 9.59 Å². The molecule has 0 atom stereocenters. The number of rotatable bonds is 5. The maximum absolute atomic E-state index is 12.5. The highest BCUT2D eigenvalue weighted by Crippen LogP contribution is 2.11. The van der Waals surface area contributed by atoms with Gasteiger partial charge >= 0.3 is 0 Å². The fourth-order valence-corrected chi connectivity index (χ4v) is 2.79. The van der Waals surface area contributed by atoms with Crippen molar-refractivity contribution in [3.8, 4) is 0 Å². The van der Waals surface area contributed by atoms with Crippen molar-refractivity contribution in [2.75, 3.05) is 32.7 Å². The molecule has 132 valence electrons. The van der Waals surface area contributed by atoms with E-state index in [2.05, 4.69) is 0 Å². The molecule has 1 saturated heterocycles. The molecule has 1 fully saturated rings. The van der Waals surface area contributed by atoms with Crippen LogP contribution in [0.3, 0.4) is 0 Å². The number of nitrogens with zero attached hydrogens (tertiary/aromatic N) is 3. The SMILES string of the molecule is CC(=O)N1CCN(C(=O)CCN(C(=O)c2ccoc2)C(C)C)CC1. The summed E-state index contributed by atoms with van der Waals surface area (Å²) < 4.78 is 4.96. The predicted molar refractivity (Wildman–Crippen MR) is 88.3 cm³/mol. The van der Waals surface area contributed by atoms with Crippen LogP contribution in [0.2, 0.25) is 0 Å². The van der Waals surface area contributed by atoms with Crippen LogP contribution in [-0.4, -0.2) is 71.2 Å². The fraction of sp³-hybridized carbons (Fsp3) is 0.588. The summed E-state index contributed by atoms with van der Waals surface area (Å²) in [5.41, 5.74) is 0.492. The lowest BCUT2D eigenvalue weighted by molar-refractivity contribution is -0.138. The zero-order chi connectivity index (χ0) is 17.7. The van der Waals surface area contributed by atoms with Crippen LogP contribution in [0.25, 0.3) is 0 Å². The Morgan fingerprint density at radius 1 is 1.17 bits per heavy atom. The highest BCUT2D eigenvalue weighted by Gasteiger charge is 2.25. The first-order valence-electron chi connectivity index (χ1n) is 8.26. The fourth-order valence-electron chi connectivity index (χ4n) is 2.79. The summed E-state index contributed by atoms with van der Waals surface area (Å²) in [6.07, 6.45) is 3.16. The molecular formula is C17H25N3O4. The van der Waals surface area contributed by atoms with Crippen LogP contribution in [0.15, 0.2) is 23.0 Å². The molecule has 0 bridgehead atoms. The summed E-state index contributed by atoms with van der Waals surface area (Å²) >= 11 is 0. The molecule has 1 aromatic rings. The smallest absolute Gasteiger partial charge is 0.257 e. The van der Waals surface area contributed by atoms with Gasteiger partial charge in [-0.25, -0.2) is 0 Å². The van der Waals surface area contributed by atoms with Crippen LogP contribution in [0.4, 0.5) is 0 Å². The van der Waals surface area contributed by atoms with E-state index in [0.29, 0.717) is 38.3 Å². The number of hydrogen-bond acceptors (Lipinski definition) is 4. The summed E-state index contributed by atoms with van der Waals surface area (Å²) in [5.74, 6) is -0.0735. The lowest BCUT2D eigenvalue weighted by Crippen LogP contribution is -2.50. The molecule has 0 aromatic carbocycles. The van der Waals surface area contributed by atoms with E-state index < -0.39 is 0 Å². The summed E-state index contributed by atoms with van der Waals surface area (Å²) in [5, 5.41) is 0. The summed E-state index contributed by atoms with van der Waals surface area (Å²) in [6.45, 7) is 8.01. The Bertz CT molecular complexity index is 575. The molecule has 2 rings (SSSR count). The van der Waals surface area contributed by atoms with Crippen LogP contribution in [0.5, 0.6) is 0 Å². The van der Waals surface area contributed by atoms with Crippen LogP contribution < -0.4 is 0 Å². The number of piperazine rings is 1. The van der Waals surface area contributed by atoms with Crippen molar-refractivity contribution in [1.82, 2.24) is 14.7 Å². The van der Waals surface area contributed by atoms with E-state index in [-0.39, 0.29) is 30.2 Å². The van der Waals surface area contributed by atoms with E-state index in [0.717, 1.165) is 0 Å². The Labute approximate surface area is 142 Å². The predicted octanol–water partition coefficient (Wildman–Crippen LogP) is 1.21. The number of carbonyl (C=O) groups is 3. The Morgan fingerprint density at radius 2 is 1.79 bits per heavy atom. The molecule has 3 amide bonds. The van der Waals surface area contributed by atoms with Crippen molar-refractivity contribution >= 4 is 17.7 Å². The Hall–Kier alpha value is -2.31. The summed E-state index contributed by atoms with van der Waals surface area (Å²) in [4.78, 5) is 41.3. The van der Waals surface area contributed by atoms with Gasteiger partial charge in [0.05, 0.1) is 11.8 Å². The van der Waals surface area contributed by atoms with Gasteiger partial charge in [0.2, 0.25) is 11.8 Å². The highest BCUT2D eigenvalue weighted by atomic mass is 16.3. The molecule has 24 heavy (non-hydrogen) atoms. The lowest BCUT2D eigenvalue weighted by atomic mass is 10.2. The third-order valence-corrected chi connectivity index (χ3v) is 4.30. The van der Waals surface area contributed by atoms with Gasteiger partial charge in [-0.05, 0) is 19.9 Å². The zero-order valence-electron chi connectivity index (χ0n) is 14.5. The Balaban J connectivity index is 1.87. The minimum absolute atomic E-state index is 0.00485. The average molecular weight is 335 g/mol. The monoisotopic (exact) mass is 335 g/mol. The van der Waals surface area contributed by atoms with Crippen molar-refractivity contribution in [2.45, 2.75) is 33.2 Å². The van der Waals surface area contributed by atoms with Crippen LogP contribution in [0.1, 0.15) is 37.6 Å². The third kappa shape index (κ3) is 4.37. The van der Waals surface area contributed by atoms with Crippen molar-refractivity contribution in [2.24, 2.45) is 0 Å². The second-order valence-corrected chi connectivity index (χ2v) is 6.24.